The van der Waals surface area contributed by atoms with Crippen molar-refractivity contribution in [2.75, 3.05) is 25.6 Å². The van der Waals surface area contributed by atoms with E-state index in [4.69, 9.17) is 0 Å². The molecule has 0 aromatic heterocycles. The van der Waals surface area contributed by atoms with Crippen molar-refractivity contribution in [2.45, 2.75) is 64.5 Å². The molecule has 1 atom stereocenters. The zero-order chi connectivity index (χ0) is 25.2. The topological polar surface area (TPSA) is 72.5 Å². The maximum atomic E-state index is 13.2. The Bertz CT molecular complexity index is 988. The van der Waals surface area contributed by atoms with Gasteiger partial charge in [0.1, 0.15) is 0 Å². The van der Waals surface area contributed by atoms with Crippen LogP contribution in [0.4, 0.5) is 0 Å². The van der Waals surface area contributed by atoms with Crippen LogP contribution in [-0.4, -0.2) is 48.4 Å². The number of carboxylic acid groups (broad SMARTS) is 1. The molecule has 0 radical (unpaired) electrons. The fourth-order valence-electron chi connectivity index (χ4n) is 4.98. The lowest BCUT2D eigenvalue weighted by Crippen LogP contribution is -2.48. The van der Waals surface area contributed by atoms with E-state index in [0.717, 1.165) is 41.3 Å². The summed E-state index contributed by atoms with van der Waals surface area (Å²) in [6.07, 6.45) is 10.3. The van der Waals surface area contributed by atoms with E-state index in [0.29, 0.717) is 17.7 Å². The number of benzene rings is 2. The van der Waals surface area contributed by atoms with Gasteiger partial charge in [0.15, 0.2) is 0 Å². The van der Waals surface area contributed by atoms with Crippen molar-refractivity contribution in [3.8, 4) is 11.1 Å². The van der Waals surface area contributed by atoms with E-state index in [1.165, 1.54) is 38.5 Å². The van der Waals surface area contributed by atoms with Crippen LogP contribution in [0.3, 0.4) is 0 Å². The molecule has 0 aliphatic heterocycles. The van der Waals surface area contributed by atoms with Gasteiger partial charge in [0.25, 0.3) is 5.91 Å². The normalized spacial score (nSPS) is 15.2. The number of hydrogen-bond acceptors (Lipinski definition) is 5. The minimum absolute atomic E-state index is 0.332. The molecule has 1 N–H and O–H groups in total. The molecule has 5 nitrogen and oxygen atoms in total. The van der Waals surface area contributed by atoms with Gasteiger partial charge in [0.05, 0.1) is 12.0 Å². The summed E-state index contributed by atoms with van der Waals surface area (Å²) in [5.41, 5.74) is 4.52. The van der Waals surface area contributed by atoms with Crippen LogP contribution in [0, 0.1) is 12.8 Å². The summed E-state index contributed by atoms with van der Waals surface area (Å²) in [5.74, 6) is -0.144. The van der Waals surface area contributed by atoms with E-state index in [9.17, 15) is 14.7 Å². The van der Waals surface area contributed by atoms with Gasteiger partial charge in [-0.2, -0.15) is 11.8 Å². The van der Waals surface area contributed by atoms with Crippen molar-refractivity contribution in [1.29, 1.82) is 0 Å². The van der Waals surface area contributed by atoms with Crippen LogP contribution in [0.25, 0.3) is 11.1 Å². The van der Waals surface area contributed by atoms with Crippen LogP contribution >= 0.6 is 11.8 Å². The molecule has 2 aromatic rings. The number of hydrogen-bond donors (Lipinski definition) is 1. The highest BCUT2D eigenvalue weighted by Crippen LogP contribution is 2.29. The fourth-order valence-corrected chi connectivity index (χ4v) is 5.45. The largest absolute Gasteiger partial charge is 0.548 e. The van der Waals surface area contributed by atoms with Crippen LogP contribution < -0.4 is 10.4 Å². The van der Waals surface area contributed by atoms with E-state index in [2.05, 4.69) is 23.3 Å². The van der Waals surface area contributed by atoms with Crippen LogP contribution in [0.1, 0.15) is 66.4 Å². The third kappa shape index (κ3) is 8.11. The predicted octanol–water partition coefficient (Wildman–Crippen LogP) is 4.67. The number of nitrogens with one attached hydrogen (secondary N) is 1. The number of carbonyl (C=O) groups excluding carboxylic acids is 2. The first kappa shape index (κ1) is 27.3. The van der Waals surface area contributed by atoms with E-state index in [-0.39, 0.29) is 5.91 Å². The van der Waals surface area contributed by atoms with Gasteiger partial charge in [-0.25, -0.2) is 0 Å². The molecule has 1 aliphatic rings. The average Bonchev–Trinajstić information content (AvgIpc) is 2.86. The van der Waals surface area contributed by atoms with Crippen molar-refractivity contribution in [1.82, 2.24) is 10.2 Å². The van der Waals surface area contributed by atoms with E-state index in [1.807, 2.05) is 49.6 Å². The number of aliphatic carboxylic acids is 1. The Hall–Kier alpha value is -2.31. The van der Waals surface area contributed by atoms with Gasteiger partial charge in [-0.3, -0.25) is 4.79 Å². The molecule has 1 unspecified atom stereocenters. The Morgan fingerprint density at radius 2 is 1.86 bits per heavy atom. The number of nitrogens with zero attached hydrogens (tertiary/aromatic N) is 1. The molecule has 1 saturated carbocycles. The molecule has 190 valence electrons. The number of carbonyl (C=O) groups is 2. The lowest BCUT2D eigenvalue weighted by molar-refractivity contribution is -0.308. The van der Waals surface area contributed by atoms with Crippen LogP contribution in [0.2, 0.25) is 0 Å². The van der Waals surface area contributed by atoms with Crippen molar-refractivity contribution in [3.05, 3.63) is 59.2 Å². The molecule has 0 bridgehead atoms. The SMILES string of the molecule is CSCCC(NC(=O)c1ccc(CN(C)CCC2CCCCC2)cc1-c1ccccc1C)C(=O)[O-]. The van der Waals surface area contributed by atoms with Gasteiger partial charge in [-0.05, 0) is 85.7 Å². The van der Waals surface area contributed by atoms with Crippen molar-refractivity contribution in [3.63, 3.8) is 0 Å². The van der Waals surface area contributed by atoms with Gasteiger partial charge < -0.3 is 20.1 Å². The Labute approximate surface area is 214 Å². The van der Waals surface area contributed by atoms with E-state index < -0.39 is 12.0 Å². The van der Waals surface area contributed by atoms with E-state index in [1.54, 1.807) is 11.8 Å². The Kier molecular flexibility index (Phi) is 10.7. The Balaban J connectivity index is 1.80. The van der Waals surface area contributed by atoms with Gasteiger partial charge in [0.2, 0.25) is 0 Å². The first-order chi connectivity index (χ1) is 16.9. The molecule has 1 amide bonds. The predicted molar refractivity (Wildman–Crippen MR) is 143 cm³/mol. The minimum Gasteiger partial charge on any atom is -0.548 e. The second kappa shape index (κ2) is 13.7. The van der Waals surface area contributed by atoms with Gasteiger partial charge in [-0.1, -0.05) is 62.4 Å². The molecular formula is C29H39N2O3S-. The summed E-state index contributed by atoms with van der Waals surface area (Å²) in [5, 5.41) is 14.3. The average molecular weight is 496 g/mol. The molecule has 35 heavy (non-hydrogen) atoms. The minimum atomic E-state index is -1.25. The molecule has 3 rings (SSSR count). The first-order valence-corrected chi connectivity index (χ1v) is 14.2. The smallest absolute Gasteiger partial charge is 0.252 e. The number of rotatable bonds is 12. The summed E-state index contributed by atoms with van der Waals surface area (Å²) in [6, 6.07) is 12.9. The number of amides is 1. The molecule has 6 heteroatoms. The maximum absolute atomic E-state index is 13.2. The zero-order valence-electron chi connectivity index (χ0n) is 21.3. The standard InChI is InChI=1S/C29H40N2O3S/c1-21-9-7-8-12-24(21)26-19-23(20-31(2)17-15-22-10-5-4-6-11-22)13-14-25(26)28(32)30-27(29(33)34)16-18-35-3/h7-9,12-14,19,22,27H,4-6,10-11,15-18,20H2,1-3H3,(H,30,32)(H,33,34)/p-1. The van der Waals surface area contributed by atoms with Crippen molar-refractivity contribution in [2.24, 2.45) is 5.92 Å². The zero-order valence-corrected chi connectivity index (χ0v) is 22.2. The highest BCUT2D eigenvalue weighted by atomic mass is 32.2. The quantitative estimate of drug-likeness (QED) is 0.463. The summed E-state index contributed by atoms with van der Waals surface area (Å²) in [7, 11) is 2.16. The molecule has 0 spiro atoms. The summed E-state index contributed by atoms with van der Waals surface area (Å²) < 4.78 is 0. The van der Waals surface area contributed by atoms with Crippen LogP contribution in [-0.2, 0) is 11.3 Å². The molecule has 2 aromatic carbocycles. The third-order valence-corrected chi connectivity index (χ3v) is 7.70. The number of thioether (sulfide) groups is 1. The molecule has 1 aliphatic carbocycles. The summed E-state index contributed by atoms with van der Waals surface area (Å²) >= 11 is 1.55. The second-order valence-electron chi connectivity index (χ2n) is 9.85. The van der Waals surface area contributed by atoms with Crippen molar-refractivity contribution < 1.29 is 14.7 Å². The highest BCUT2D eigenvalue weighted by Gasteiger charge is 2.20. The highest BCUT2D eigenvalue weighted by molar-refractivity contribution is 7.98. The number of aryl methyl sites for hydroxylation is 1. The molecular weight excluding hydrogens is 456 g/mol. The lowest BCUT2D eigenvalue weighted by Gasteiger charge is -2.25. The van der Waals surface area contributed by atoms with Gasteiger partial charge in [0, 0.05) is 12.1 Å². The molecule has 1 fully saturated rings. The Morgan fingerprint density at radius 3 is 2.54 bits per heavy atom. The maximum Gasteiger partial charge on any atom is 0.252 e. The van der Waals surface area contributed by atoms with Crippen molar-refractivity contribution >= 4 is 23.6 Å². The summed E-state index contributed by atoms with van der Waals surface area (Å²) in [4.78, 5) is 27.2. The Morgan fingerprint density at radius 1 is 1.11 bits per heavy atom. The second-order valence-corrected chi connectivity index (χ2v) is 10.8. The molecule has 0 saturated heterocycles. The van der Waals surface area contributed by atoms with Gasteiger partial charge >= 0.3 is 0 Å². The van der Waals surface area contributed by atoms with E-state index >= 15 is 0 Å². The molecule has 0 heterocycles. The van der Waals surface area contributed by atoms with Gasteiger partial charge in [-0.15, -0.1) is 0 Å². The third-order valence-electron chi connectivity index (χ3n) is 7.06. The first-order valence-electron chi connectivity index (χ1n) is 12.8. The summed E-state index contributed by atoms with van der Waals surface area (Å²) in [6.45, 7) is 3.90. The fraction of sp³-hybridized carbons (Fsp3) is 0.517. The van der Waals surface area contributed by atoms with Crippen LogP contribution in [0.5, 0.6) is 0 Å². The van der Waals surface area contributed by atoms with Crippen LogP contribution in [0.15, 0.2) is 42.5 Å². The monoisotopic (exact) mass is 495 g/mol. The lowest BCUT2D eigenvalue weighted by atomic mass is 9.87. The number of carboxylic acids is 1.